The molecule has 4 atom stereocenters. The maximum absolute atomic E-state index is 14.2. The molecule has 2 aromatic rings. The number of aromatic nitrogens is 1. The van der Waals surface area contributed by atoms with Crippen molar-refractivity contribution in [2.75, 3.05) is 38.7 Å². The Morgan fingerprint density at radius 2 is 1.90 bits per heavy atom. The SMILES string of the molecule is CC(C)NC(=O)Nc1ccc2c(c1)C(=O)N([C@@H](C)CO)C[C@H](C)[C@@H](CN(C)Cc1ccncc1)OCCCC[C@@H](C)O2. The summed E-state index contributed by atoms with van der Waals surface area (Å²) >= 11 is 0. The molecule has 10 nitrogen and oxygen atoms in total. The number of anilines is 1. The number of carbonyl (C=O) groups is 2. The van der Waals surface area contributed by atoms with Crippen LogP contribution >= 0.6 is 0 Å². The number of aliphatic hydroxyl groups is 1. The van der Waals surface area contributed by atoms with Crippen LogP contribution in [0, 0.1) is 5.92 Å². The molecule has 0 unspecified atom stereocenters. The van der Waals surface area contributed by atoms with Crippen molar-refractivity contribution in [2.24, 2.45) is 5.92 Å². The lowest BCUT2D eigenvalue weighted by molar-refractivity contribution is -0.0177. The van der Waals surface area contributed by atoms with Crippen LogP contribution < -0.4 is 15.4 Å². The molecule has 0 saturated heterocycles. The Balaban J connectivity index is 1.90. The van der Waals surface area contributed by atoms with Gasteiger partial charge in [0.25, 0.3) is 5.91 Å². The summed E-state index contributed by atoms with van der Waals surface area (Å²) in [6, 6.07) is 8.34. The molecule has 2 heterocycles. The van der Waals surface area contributed by atoms with Gasteiger partial charge in [-0.15, -0.1) is 0 Å². The van der Waals surface area contributed by atoms with Crippen molar-refractivity contribution in [1.82, 2.24) is 20.1 Å². The third kappa shape index (κ3) is 10.3. The van der Waals surface area contributed by atoms with Crippen molar-refractivity contribution in [3.8, 4) is 5.75 Å². The normalized spacial score (nSPS) is 21.3. The van der Waals surface area contributed by atoms with Crippen LogP contribution in [0.1, 0.15) is 69.8 Å². The molecule has 0 aliphatic carbocycles. The number of amides is 3. The number of hydrogen-bond donors (Lipinski definition) is 3. The molecule has 1 aliphatic rings. The molecule has 3 amide bonds. The molecule has 42 heavy (non-hydrogen) atoms. The zero-order chi connectivity index (χ0) is 30.6. The van der Waals surface area contributed by atoms with Gasteiger partial charge in [0.15, 0.2) is 0 Å². The van der Waals surface area contributed by atoms with E-state index in [0.29, 0.717) is 36.7 Å². The number of nitrogens with one attached hydrogen (secondary N) is 2. The molecule has 0 spiro atoms. The lowest BCUT2D eigenvalue weighted by Crippen LogP contribution is -2.47. The number of pyridine rings is 1. The van der Waals surface area contributed by atoms with Gasteiger partial charge in [0.05, 0.1) is 30.4 Å². The van der Waals surface area contributed by atoms with Gasteiger partial charge in [0.2, 0.25) is 0 Å². The highest BCUT2D eigenvalue weighted by molar-refractivity contribution is 5.99. The lowest BCUT2D eigenvalue weighted by Gasteiger charge is -2.36. The van der Waals surface area contributed by atoms with Crippen molar-refractivity contribution in [3.05, 3.63) is 53.9 Å². The molecule has 1 aromatic heterocycles. The van der Waals surface area contributed by atoms with Gasteiger partial charge in [-0.1, -0.05) is 6.92 Å². The summed E-state index contributed by atoms with van der Waals surface area (Å²) in [7, 11) is 2.07. The summed E-state index contributed by atoms with van der Waals surface area (Å²) in [5, 5.41) is 15.8. The molecule has 10 heteroatoms. The fourth-order valence-electron chi connectivity index (χ4n) is 5.06. The second-order valence-corrected chi connectivity index (χ2v) is 11.8. The Labute approximate surface area is 250 Å². The fourth-order valence-corrected chi connectivity index (χ4v) is 5.06. The van der Waals surface area contributed by atoms with Crippen LogP contribution in [-0.4, -0.2) is 89.5 Å². The predicted molar refractivity (Wildman–Crippen MR) is 165 cm³/mol. The van der Waals surface area contributed by atoms with Gasteiger partial charge in [0, 0.05) is 56.3 Å². The van der Waals surface area contributed by atoms with E-state index in [2.05, 4.69) is 34.5 Å². The van der Waals surface area contributed by atoms with E-state index in [9.17, 15) is 14.7 Å². The first-order chi connectivity index (χ1) is 20.1. The van der Waals surface area contributed by atoms with Gasteiger partial charge in [-0.2, -0.15) is 0 Å². The Hall–Kier alpha value is -3.21. The summed E-state index contributed by atoms with van der Waals surface area (Å²) in [4.78, 5) is 34.6. The van der Waals surface area contributed by atoms with E-state index in [1.807, 2.05) is 39.8 Å². The summed E-state index contributed by atoms with van der Waals surface area (Å²) in [6.45, 7) is 11.9. The molecule has 1 aliphatic heterocycles. The second kappa shape index (κ2) is 16.4. The maximum Gasteiger partial charge on any atom is 0.319 e. The summed E-state index contributed by atoms with van der Waals surface area (Å²) in [5.74, 6) is 0.179. The van der Waals surface area contributed by atoms with Gasteiger partial charge in [0.1, 0.15) is 5.75 Å². The Bertz CT molecular complexity index is 1130. The third-order valence-corrected chi connectivity index (χ3v) is 7.42. The van der Waals surface area contributed by atoms with Crippen molar-refractivity contribution in [2.45, 2.75) is 84.7 Å². The van der Waals surface area contributed by atoms with Crippen LogP contribution in [0.2, 0.25) is 0 Å². The van der Waals surface area contributed by atoms with Crippen molar-refractivity contribution in [3.63, 3.8) is 0 Å². The number of hydrogen-bond acceptors (Lipinski definition) is 7. The Morgan fingerprint density at radius 3 is 2.60 bits per heavy atom. The van der Waals surface area contributed by atoms with Crippen LogP contribution in [0.4, 0.5) is 10.5 Å². The fraction of sp³-hybridized carbons (Fsp3) is 0.594. The Morgan fingerprint density at radius 1 is 1.17 bits per heavy atom. The number of aliphatic hydroxyl groups excluding tert-OH is 1. The van der Waals surface area contributed by atoms with E-state index in [-0.39, 0.29) is 42.7 Å². The van der Waals surface area contributed by atoms with Crippen LogP contribution in [-0.2, 0) is 11.3 Å². The standard InChI is InChI=1S/C32H49N5O5/c1-22(2)34-32(40)35-27-10-11-29-28(17-27)31(39)37(24(4)21-38)18-23(3)30(41-16-8-7-9-25(5)42-29)20-36(6)19-26-12-14-33-15-13-26/h10-15,17,22-25,30,38H,7-9,16,18-21H2,1-6H3,(H2,34,35,40)/t23-,24-,25+,30+/m0/s1. The van der Waals surface area contributed by atoms with Crippen LogP contribution in [0.15, 0.2) is 42.7 Å². The molecule has 3 N–H and O–H groups in total. The summed E-state index contributed by atoms with van der Waals surface area (Å²) in [5.41, 5.74) is 2.01. The predicted octanol–water partition coefficient (Wildman–Crippen LogP) is 4.54. The topological polar surface area (TPSA) is 116 Å². The quantitative estimate of drug-likeness (QED) is 0.418. The minimum Gasteiger partial charge on any atom is -0.490 e. The number of carbonyl (C=O) groups excluding carboxylic acids is 2. The number of benzene rings is 1. The van der Waals surface area contributed by atoms with E-state index in [1.165, 1.54) is 5.56 Å². The van der Waals surface area contributed by atoms with Gasteiger partial charge >= 0.3 is 6.03 Å². The molecule has 0 fully saturated rings. The van der Waals surface area contributed by atoms with E-state index in [4.69, 9.17) is 9.47 Å². The van der Waals surface area contributed by atoms with Gasteiger partial charge in [-0.3, -0.25) is 14.7 Å². The maximum atomic E-state index is 14.2. The van der Waals surface area contributed by atoms with Crippen molar-refractivity contribution < 1.29 is 24.2 Å². The zero-order valence-electron chi connectivity index (χ0n) is 26.0. The van der Waals surface area contributed by atoms with Crippen molar-refractivity contribution in [1.29, 1.82) is 0 Å². The highest BCUT2D eigenvalue weighted by atomic mass is 16.5. The summed E-state index contributed by atoms with van der Waals surface area (Å²) < 4.78 is 12.7. The average molecular weight is 584 g/mol. The van der Waals surface area contributed by atoms with Gasteiger partial charge < -0.3 is 30.1 Å². The lowest BCUT2D eigenvalue weighted by atomic mass is 10.0. The summed E-state index contributed by atoms with van der Waals surface area (Å²) in [6.07, 6.45) is 6.00. The van der Waals surface area contributed by atoms with Gasteiger partial charge in [-0.05, 0) is 89.9 Å². The molecule has 1 aromatic carbocycles. The largest absolute Gasteiger partial charge is 0.490 e. The second-order valence-electron chi connectivity index (χ2n) is 11.8. The third-order valence-electron chi connectivity index (χ3n) is 7.42. The number of rotatable bonds is 8. The number of fused-ring (bicyclic) bond motifs is 1. The highest BCUT2D eigenvalue weighted by Gasteiger charge is 2.30. The van der Waals surface area contributed by atoms with Gasteiger partial charge in [-0.25, -0.2) is 4.79 Å². The molecule has 3 rings (SSSR count). The molecule has 0 saturated carbocycles. The zero-order valence-corrected chi connectivity index (χ0v) is 26.0. The van der Waals surface area contributed by atoms with Crippen molar-refractivity contribution >= 4 is 17.6 Å². The van der Waals surface area contributed by atoms with Crippen LogP contribution in [0.25, 0.3) is 0 Å². The monoisotopic (exact) mass is 583 g/mol. The van der Waals surface area contributed by atoms with E-state index in [1.54, 1.807) is 35.5 Å². The number of ether oxygens (including phenoxy) is 2. The Kier molecular flexibility index (Phi) is 13.0. The molecule has 232 valence electrons. The molecular weight excluding hydrogens is 534 g/mol. The van der Waals surface area contributed by atoms with E-state index < -0.39 is 6.04 Å². The number of urea groups is 1. The first kappa shape index (κ1) is 33.3. The van der Waals surface area contributed by atoms with Crippen LogP contribution in [0.5, 0.6) is 5.75 Å². The minimum atomic E-state index is -0.436. The molecule has 0 radical (unpaired) electrons. The molecular formula is C32H49N5O5. The average Bonchev–Trinajstić information content (AvgIpc) is 2.94. The minimum absolute atomic E-state index is 0.0211. The van der Waals surface area contributed by atoms with Crippen LogP contribution in [0.3, 0.4) is 0 Å². The smallest absolute Gasteiger partial charge is 0.319 e. The number of likely N-dealkylation sites (N-methyl/N-ethyl adjacent to an activating group) is 1. The van der Waals surface area contributed by atoms with E-state index in [0.717, 1.165) is 25.8 Å². The van der Waals surface area contributed by atoms with E-state index >= 15 is 0 Å². The highest BCUT2D eigenvalue weighted by Crippen LogP contribution is 2.28. The number of nitrogens with zero attached hydrogens (tertiary/aromatic N) is 3. The first-order valence-corrected chi connectivity index (χ1v) is 15.1. The first-order valence-electron chi connectivity index (χ1n) is 15.1. The molecule has 0 bridgehead atoms.